The van der Waals surface area contributed by atoms with E-state index < -0.39 is 0 Å². The fourth-order valence-electron chi connectivity index (χ4n) is 3.01. The van der Waals surface area contributed by atoms with Crippen LogP contribution in [0.4, 0.5) is 4.39 Å². The van der Waals surface area contributed by atoms with Gasteiger partial charge in [0, 0.05) is 30.5 Å². The van der Waals surface area contributed by atoms with Crippen molar-refractivity contribution in [3.8, 4) is 5.75 Å². The summed E-state index contributed by atoms with van der Waals surface area (Å²) in [4.78, 5) is 12.6. The summed E-state index contributed by atoms with van der Waals surface area (Å²) in [6, 6.07) is 13.7. The first-order valence-corrected chi connectivity index (χ1v) is 9.81. The second-order valence-corrected chi connectivity index (χ2v) is 7.41. The lowest BCUT2D eigenvalue weighted by molar-refractivity contribution is -0.122. The zero-order chi connectivity index (χ0) is 18.4. The van der Waals surface area contributed by atoms with Gasteiger partial charge in [0.2, 0.25) is 5.91 Å². The van der Waals surface area contributed by atoms with Gasteiger partial charge < -0.3 is 15.4 Å². The summed E-state index contributed by atoms with van der Waals surface area (Å²) in [5, 5.41) is 6.48. The lowest BCUT2D eigenvalue weighted by atomic mass is 9.98. The van der Waals surface area contributed by atoms with E-state index in [9.17, 15) is 9.18 Å². The monoisotopic (exact) mass is 374 g/mol. The van der Waals surface area contributed by atoms with Crippen molar-refractivity contribution in [2.45, 2.75) is 18.5 Å². The van der Waals surface area contributed by atoms with E-state index in [-0.39, 0.29) is 23.8 Å². The first kappa shape index (κ1) is 18.7. The number of benzene rings is 2. The fraction of sp³-hybridized carbons (Fsp3) is 0.350. The lowest BCUT2D eigenvalue weighted by Gasteiger charge is -2.25. The highest BCUT2D eigenvalue weighted by atomic mass is 32.2. The Balaban J connectivity index is 1.77. The van der Waals surface area contributed by atoms with Crippen molar-refractivity contribution in [1.29, 1.82) is 0 Å². The van der Waals surface area contributed by atoms with Crippen LogP contribution >= 0.6 is 11.8 Å². The van der Waals surface area contributed by atoms with Gasteiger partial charge in [-0.05, 0) is 35.4 Å². The predicted molar refractivity (Wildman–Crippen MR) is 103 cm³/mol. The summed E-state index contributed by atoms with van der Waals surface area (Å²) < 4.78 is 18.5. The van der Waals surface area contributed by atoms with Crippen molar-refractivity contribution in [2.75, 3.05) is 25.2 Å². The number of methoxy groups -OCH3 is 1. The smallest absolute Gasteiger partial charge is 0.222 e. The van der Waals surface area contributed by atoms with E-state index in [2.05, 4.69) is 10.6 Å². The molecule has 1 fully saturated rings. The van der Waals surface area contributed by atoms with Crippen molar-refractivity contribution in [2.24, 2.45) is 0 Å². The molecular weight excluding hydrogens is 351 g/mol. The summed E-state index contributed by atoms with van der Waals surface area (Å²) in [6.07, 6.45) is 0.431. The third kappa shape index (κ3) is 4.99. The van der Waals surface area contributed by atoms with Crippen molar-refractivity contribution in [3.63, 3.8) is 0 Å². The molecule has 1 heterocycles. The maximum atomic E-state index is 13.3. The van der Waals surface area contributed by atoms with Gasteiger partial charge in [0.05, 0.1) is 13.2 Å². The number of halogens is 1. The molecule has 2 N–H and O–H groups in total. The van der Waals surface area contributed by atoms with Crippen LogP contribution in [0.25, 0.3) is 0 Å². The van der Waals surface area contributed by atoms with Crippen LogP contribution in [0.3, 0.4) is 0 Å². The van der Waals surface area contributed by atoms with Crippen LogP contribution in [0.2, 0.25) is 0 Å². The molecule has 2 unspecified atom stereocenters. The summed E-state index contributed by atoms with van der Waals surface area (Å²) in [6.45, 7) is 0.933. The number of hydrogen-bond acceptors (Lipinski definition) is 4. The second-order valence-electron chi connectivity index (χ2n) is 6.26. The predicted octanol–water partition coefficient (Wildman–Crippen LogP) is 3.14. The fourth-order valence-corrected chi connectivity index (χ4v) is 3.95. The van der Waals surface area contributed by atoms with Gasteiger partial charge >= 0.3 is 0 Å². The molecule has 0 saturated carbocycles. The maximum absolute atomic E-state index is 13.3. The molecule has 2 aromatic carbocycles. The van der Waals surface area contributed by atoms with Gasteiger partial charge in [0.1, 0.15) is 11.6 Å². The Hall–Kier alpha value is -2.05. The molecule has 1 saturated heterocycles. The summed E-state index contributed by atoms with van der Waals surface area (Å²) in [5.41, 5.74) is 1.77. The van der Waals surface area contributed by atoms with Crippen LogP contribution in [0.15, 0.2) is 48.5 Å². The Labute approximate surface area is 157 Å². The largest absolute Gasteiger partial charge is 0.497 e. The normalized spacial score (nSPS) is 18.2. The van der Waals surface area contributed by atoms with Crippen LogP contribution in [-0.4, -0.2) is 37.1 Å². The first-order valence-electron chi connectivity index (χ1n) is 8.65. The number of nitrogens with one attached hydrogen (secondary N) is 2. The molecule has 4 nitrogen and oxygen atoms in total. The Kier molecular flexibility index (Phi) is 6.52. The minimum atomic E-state index is -0.328. The quantitative estimate of drug-likeness (QED) is 0.816. The molecule has 0 bridgehead atoms. The molecule has 1 aliphatic rings. The molecule has 0 aromatic heterocycles. The molecule has 1 aliphatic heterocycles. The van der Waals surface area contributed by atoms with Gasteiger partial charge in [-0.3, -0.25) is 4.79 Å². The highest BCUT2D eigenvalue weighted by Crippen LogP contribution is 2.25. The number of amides is 1. The summed E-state index contributed by atoms with van der Waals surface area (Å²) >= 11 is 1.86. The minimum Gasteiger partial charge on any atom is -0.497 e. The Morgan fingerprint density at radius 2 is 1.88 bits per heavy atom. The van der Waals surface area contributed by atoms with Gasteiger partial charge in [-0.2, -0.15) is 11.8 Å². The Morgan fingerprint density at radius 1 is 1.23 bits per heavy atom. The zero-order valence-electron chi connectivity index (χ0n) is 14.7. The first-order chi connectivity index (χ1) is 12.7. The lowest BCUT2D eigenvalue weighted by Crippen LogP contribution is -2.42. The number of ether oxygens (including phenoxy) is 1. The number of thioether (sulfide) groups is 1. The maximum Gasteiger partial charge on any atom is 0.222 e. The van der Waals surface area contributed by atoms with Crippen molar-refractivity contribution < 1.29 is 13.9 Å². The molecule has 0 aliphatic carbocycles. The number of rotatable bonds is 6. The molecule has 138 valence electrons. The van der Waals surface area contributed by atoms with Gasteiger partial charge in [-0.25, -0.2) is 4.39 Å². The highest BCUT2D eigenvalue weighted by Gasteiger charge is 2.21. The van der Waals surface area contributed by atoms with Crippen LogP contribution in [0.5, 0.6) is 5.75 Å². The third-order valence-electron chi connectivity index (χ3n) is 4.39. The van der Waals surface area contributed by atoms with Gasteiger partial charge in [-0.15, -0.1) is 0 Å². The summed E-state index contributed by atoms with van der Waals surface area (Å²) in [5.74, 6) is 2.47. The molecule has 2 atom stereocenters. The van der Waals surface area contributed by atoms with Gasteiger partial charge in [0.15, 0.2) is 0 Å². The third-order valence-corrected chi connectivity index (χ3v) is 5.52. The Morgan fingerprint density at radius 3 is 2.46 bits per heavy atom. The molecular formula is C20H23FN2O2S. The molecule has 1 amide bonds. The van der Waals surface area contributed by atoms with Crippen LogP contribution < -0.4 is 15.4 Å². The number of hydrogen-bond donors (Lipinski definition) is 2. The van der Waals surface area contributed by atoms with Crippen LogP contribution in [0.1, 0.15) is 23.6 Å². The average Bonchev–Trinajstić information content (AvgIpc) is 2.68. The van der Waals surface area contributed by atoms with Crippen molar-refractivity contribution in [1.82, 2.24) is 10.6 Å². The highest BCUT2D eigenvalue weighted by molar-refractivity contribution is 7.99. The van der Waals surface area contributed by atoms with E-state index in [1.807, 2.05) is 36.0 Å². The molecule has 2 aromatic rings. The molecule has 0 spiro atoms. The molecule has 3 rings (SSSR count). The van der Waals surface area contributed by atoms with E-state index in [4.69, 9.17) is 4.74 Å². The van der Waals surface area contributed by atoms with Gasteiger partial charge in [-0.1, -0.05) is 24.3 Å². The molecule has 0 radical (unpaired) electrons. The second kappa shape index (κ2) is 9.05. The topological polar surface area (TPSA) is 50.4 Å². The molecule has 26 heavy (non-hydrogen) atoms. The van der Waals surface area contributed by atoms with Crippen molar-refractivity contribution in [3.05, 3.63) is 65.5 Å². The minimum absolute atomic E-state index is 0.0184. The van der Waals surface area contributed by atoms with E-state index in [0.717, 1.165) is 34.9 Å². The average molecular weight is 374 g/mol. The van der Waals surface area contributed by atoms with Crippen LogP contribution in [0, 0.1) is 5.82 Å². The van der Waals surface area contributed by atoms with Gasteiger partial charge in [0.25, 0.3) is 0 Å². The zero-order valence-corrected chi connectivity index (χ0v) is 15.5. The van der Waals surface area contributed by atoms with E-state index in [0.29, 0.717) is 6.42 Å². The molecule has 6 heteroatoms. The SMILES string of the molecule is COc1ccc(C(NC(=O)CC2CSCCN2)c2ccc(F)cc2)cc1. The van der Waals surface area contributed by atoms with Crippen LogP contribution in [-0.2, 0) is 4.79 Å². The Bertz CT molecular complexity index is 716. The van der Waals surface area contributed by atoms with E-state index >= 15 is 0 Å². The van der Waals surface area contributed by atoms with E-state index in [1.54, 1.807) is 19.2 Å². The summed E-state index contributed by atoms with van der Waals surface area (Å²) in [7, 11) is 1.61. The van der Waals surface area contributed by atoms with E-state index in [1.165, 1.54) is 12.1 Å². The van der Waals surface area contributed by atoms with Crippen molar-refractivity contribution >= 4 is 17.7 Å². The number of carbonyl (C=O) groups excluding carboxylic acids is 1. The standard InChI is InChI=1S/C20H23FN2O2S/c1-25-18-8-4-15(5-9-18)20(14-2-6-16(21)7-3-14)23-19(24)12-17-13-26-11-10-22-17/h2-9,17,20,22H,10-13H2,1H3,(H,23,24). The number of carbonyl (C=O) groups is 1.